The fourth-order valence-electron chi connectivity index (χ4n) is 9.00. The lowest BCUT2D eigenvalue weighted by Gasteiger charge is -2.50. The molecule has 2 fully saturated rings. The summed E-state index contributed by atoms with van der Waals surface area (Å²) in [6, 6.07) is 17.2. The monoisotopic (exact) mass is 803 g/mol. The molecule has 1 saturated carbocycles. The maximum absolute atomic E-state index is 16.1. The number of aliphatic hydroxyl groups is 2. The Morgan fingerprint density at radius 3 is 2.34 bits per heavy atom. The minimum atomic E-state index is -1.03. The van der Waals surface area contributed by atoms with Crippen molar-refractivity contribution in [3.63, 3.8) is 0 Å². The van der Waals surface area contributed by atoms with Gasteiger partial charge in [-0.3, -0.25) is 14.4 Å². The first kappa shape index (κ1) is 45.0. The summed E-state index contributed by atoms with van der Waals surface area (Å²) < 4.78 is 22.1. The van der Waals surface area contributed by atoms with Crippen molar-refractivity contribution in [3.8, 4) is 16.9 Å². The maximum atomic E-state index is 16.1. The van der Waals surface area contributed by atoms with Crippen LogP contribution in [0.1, 0.15) is 69.4 Å². The zero-order valence-electron chi connectivity index (χ0n) is 36.3. The number of likely N-dealkylation sites (N-methyl/N-ethyl adjacent to an activating group) is 1. The summed E-state index contributed by atoms with van der Waals surface area (Å²) in [5.41, 5.74) is 3.71. The second kappa shape index (κ2) is 18.9. The van der Waals surface area contributed by atoms with Crippen molar-refractivity contribution in [2.24, 2.45) is 29.1 Å². The number of aliphatic hydroxyl groups excluding tert-OH is 2. The standard InChI is InChI=1S/C46H66FN5O6/c1-27-19-39(28(2)29(3)46(27,5)6)49-45(56)42-41(30(4)54)40(26-53)58-52(42)25-37-38(47)18-17-36(43(37)57-11)32-21-33(23-35(22-32)51(9)10)44(55)48-34(24-50(7)8)20-31-15-13-12-14-16-31/h12-18,21-23,27-30,34,39-42,53-54H,19-20,24-26H2,1-11H3,(H,48,55)(H,49,56)/t27-,28+,29+,30+,34+,39+,40+,41-,42+/m1/s1. The molecule has 1 aliphatic carbocycles. The Morgan fingerprint density at radius 2 is 1.74 bits per heavy atom. The molecular weight excluding hydrogens is 738 g/mol. The first-order valence-corrected chi connectivity index (χ1v) is 20.6. The van der Waals surface area contributed by atoms with E-state index in [4.69, 9.17) is 9.57 Å². The van der Waals surface area contributed by atoms with Gasteiger partial charge in [0.15, 0.2) is 0 Å². The number of hydrogen-bond acceptors (Lipinski definition) is 9. The Morgan fingerprint density at radius 1 is 1.05 bits per heavy atom. The zero-order valence-corrected chi connectivity index (χ0v) is 36.3. The quantitative estimate of drug-likeness (QED) is 0.152. The third-order valence-electron chi connectivity index (χ3n) is 13.2. The van der Waals surface area contributed by atoms with Crippen molar-refractivity contribution in [2.75, 3.05) is 53.4 Å². The smallest absolute Gasteiger partial charge is 0.251 e. The summed E-state index contributed by atoms with van der Waals surface area (Å²) in [6.45, 7) is 12.7. The lowest BCUT2D eigenvalue weighted by Crippen LogP contribution is -2.56. The highest BCUT2D eigenvalue weighted by atomic mass is 19.1. The first-order chi connectivity index (χ1) is 27.4. The molecule has 5 rings (SSSR count). The molecule has 0 aromatic heterocycles. The van der Waals surface area contributed by atoms with Gasteiger partial charge in [-0.1, -0.05) is 65.0 Å². The first-order valence-electron chi connectivity index (χ1n) is 20.6. The SMILES string of the molecule is COc1c(-c2cc(C(=O)N[C@@H](Cc3ccccc3)CN(C)C)cc(N(C)C)c2)ccc(F)c1CN1O[C@@H](CO)[C@@H]([C@H](C)O)[C@H]1C(=O)N[C@H]1C[C@@H](C)C(C)(C)[C@@H](C)[C@@H]1C. The Hall–Kier alpha value is -4.07. The van der Waals surface area contributed by atoms with Crippen LogP contribution in [0.4, 0.5) is 10.1 Å². The number of benzene rings is 3. The number of carbonyl (C=O) groups excluding carboxylic acids is 2. The predicted molar refractivity (Wildman–Crippen MR) is 227 cm³/mol. The van der Waals surface area contributed by atoms with E-state index in [-0.39, 0.29) is 53.1 Å². The van der Waals surface area contributed by atoms with Gasteiger partial charge in [0, 0.05) is 61.0 Å². The van der Waals surface area contributed by atoms with Gasteiger partial charge in [0.25, 0.3) is 5.91 Å². The minimum Gasteiger partial charge on any atom is -0.496 e. The highest BCUT2D eigenvalue weighted by Crippen LogP contribution is 2.48. The average molecular weight is 804 g/mol. The van der Waals surface area contributed by atoms with Crippen LogP contribution in [0.3, 0.4) is 0 Å². The van der Waals surface area contributed by atoms with Crippen molar-refractivity contribution in [2.45, 2.75) is 91.3 Å². The van der Waals surface area contributed by atoms with E-state index in [9.17, 15) is 19.8 Å². The largest absolute Gasteiger partial charge is 0.496 e. The number of halogens is 1. The van der Waals surface area contributed by atoms with Gasteiger partial charge < -0.3 is 35.4 Å². The summed E-state index contributed by atoms with van der Waals surface area (Å²) in [7, 11) is 9.19. The Kier molecular flexibility index (Phi) is 14.7. The molecule has 3 aromatic carbocycles. The molecule has 12 heteroatoms. The summed E-state index contributed by atoms with van der Waals surface area (Å²) in [4.78, 5) is 38.6. The second-order valence-electron chi connectivity index (χ2n) is 17.8. The van der Waals surface area contributed by atoms with Gasteiger partial charge >= 0.3 is 0 Å². The molecular formula is C46H66FN5O6. The fraction of sp³-hybridized carbons (Fsp3) is 0.565. The number of nitrogens with zero attached hydrogens (tertiary/aromatic N) is 3. The average Bonchev–Trinajstić information content (AvgIpc) is 3.55. The van der Waals surface area contributed by atoms with Crippen LogP contribution in [0.5, 0.6) is 5.75 Å². The number of rotatable bonds is 15. The van der Waals surface area contributed by atoms with Crippen molar-refractivity contribution < 1.29 is 33.8 Å². The molecule has 1 saturated heterocycles. The van der Waals surface area contributed by atoms with Crippen molar-refractivity contribution >= 4 is 17.5 Å². The summed E-state index contributed by atoms with van der Waals surface area (Å²) >= 11 is 0. The summed E-state index contributed by atoms with van der Waals surface area (Å²) in [5, 5.41) is 29.3. The molecule has 2 aliphatic rings. The summed E-state index contributed by atoms with van der Waals surface area (Å²) in [5.74, 6) is -0.867. The van der Waals surface area contributed by atoms with E-state index < -0.39 is 36.6 Å². The van der Waals surface area contributed by atoms with Gasteiger partial charge in [-0.05, 0) is 98.5 Å². The van der Waals surface area contributed by atoms with Gasteiger partial charge in [0.2, 0.25) is 5.91 Å². The van der Waals surface area contributed by atoms with Crippen molar-refractivity contribution in [3.05, 3.63) is 83.2 Å². The second-order valence-corrected chi connectivity index (χ2v) is 17.8. The third kappa shape index (κ3) is 9.85. The van der Waals surface area contributed by atoms with E-state index in [1.807, 2.05) is 80.5 Å². The van der Waals surface area contributed by atoms with Crippen LogP contribution in [0.2, 0.25) is 0 Å². The van der Waals surface area contributed by atoms with Gasteiger partial charge in [-0.2, -0.15) is 5.06 Å². The van der Waals surface area contributed by atoms with Crippen LogP contribution in [0, 0.1) is 34.9 Å². The molecule has 58 heavy (non-hydrogen) atoms. The number of ether oxygens (including phenoxy) is 1. The number of amides is 2. The minimum absolute atomic E-state index is 0.0971. The molecule has 3 aromatic rings. The van der Waals surface area contributed by atoms with Crippen LogP contribution in [0.25, 0.3) is 11.1 Å². The number of carbonyl (C=O) groups is 2. The van der Waals surface area contributed by atoms with Gasteiger partial charge in [-0.15, -0.1) is 0 Å². The molecule has 0 spiro atoms. The molecule has 11 nitrogen and oxygen atoms in total. The number of nitrogens with one attached hydrogen (secondary N) is 2. The predicted octanol–water partition coefficient (Wildman–Crippen LogP) is 5.77. The van der Waals surface area contributed by atoms with E-state index in [0.29, 0.717) is 41.5 Å². The maximum Gasteiger partial charge on any atom is 0.251 e. The highest BCUT2D eigenvalue weighted by Gasteiger charge is 2.51. The number of hydrogen-bond donors (Lipinski definition) is 4. The molecule has 0 unspecified atom stereocenters. The Labute approximate surface area is 344 Å². The molecule has 0 radical (unpaired) electrons. The number of methoxy groups -OCH3 is 1. The van der Waals surface area contributed by atoms with E-state index in [1.54, 1.807) is 19.1 Å². The molecule has 1 heterocycles. The van der Waals surface area contributed by atoms with E-state index in [1.165, 1.54) is 18.2 Å². The van der Waals surface area contributed by atoms with E-state index >= 15 is 4.39 Å². The molecule has 4 N–H and O–H groups in total. The van der Waals surface area contributed by atoms with Crippen LogP contribution >= 0.6 is 0 Å². The van der Waals surface area contributed by atoms with Crippen LogP contribution in [0.15, 0.2) is 60.7 Å². The third-order valence-corrected chi connectivity index (χ3v) is 13.2. The van der Waals surface area contributed by atoms with Crippen molar-refractivity contribution in [1.29, 1.82) is 0 Å². The van der Waals surface area contributed by atoms with E-state index in [0.717, 1.165) is 17.7 Å². The van der Waals surface area contributed by atoms with Crippen molar-refractivity contribution in [1.82, 2.24) is 20.6 Å². The molecule has 9 atom stereocenters. The molecule has 318 valence electrons. The zero-order chi connectivity index (χ0) is 42.6. The van der Waals surface area contributed by atoms with Crippen LogP contribution in [-0.2, 0) is 22.6 Å². The van der Waals surface area contributed by atoms with Gasteiger partial charge in [0.05, 0.1) is 26.4 Å². The Balaban J connectivity index is 1.49. The van der Waals surface area contributed by atoms with Gasteiger partial charge in [-0.25, -0.2) is 4.39 Å². The lowest BCUT2D eigenvalue weighted by molar-refractivity contribution is -0.182. The van der Waals surface area contributed by atoms with Crippen LogP contribution < -0.4 is 20.3 Å². The molecule has 0 bridgehead atoms. The van der Waals surface area contributed by atoms with Gasteiger partial charge in [0.1, 0.15) is 23.7 Å². The fourth-order valence-corrected chi connectivity index (χ4v) is 9.00. The summed E-state index contributed by atoms with van der Waals surface area (Å²) in [6.07, 6.45) is -0.467. The highest BCUT2D eigenvalue weighted by molar-refractivity contribution is 5.97. The molecule has 2 amide bonds. The van der Waals surface area contributed by atoms with E-state index in [2.05, 4.69) is 45.3 Å². The normalized spacial score (nSPS) is 25.6. The number of anilines is 1. The lowest BCUT2D eigenvalue weighted by atomic mass is 9.58. The number of hydroxylamine groups is 2. The topological polar surface area (TPSA) is 127 Å². The van der Waals surface area contributed by atoms with Crippen LogP contribution in [-0.4, -0.2) is 111 Å². The Bertz CT molecular complexity index is 1870. The molecule has 1 aliphatic heterocycles.